The van der Waals surface area contributed by atoms with Gasteiger partial charge in [0.1, 0.15) is 0 Å². The van der Waals surface area contributed by atoms with Crippen molar-refractivity contribution in [1.82, 2.24) is 14.7 Å². The zero-order valence-electron chi connectivity index (χ0n) is 18.8. The molecular weight excluding hydrogens is 390 g/mol. The van der Waals surface area contributed by atoms with Crippen LogP contribution in [0.15, 0.2) is 97.2 Å². The zero-order valence-corrected chi connectivity index (χ0v) is 18.8. The quantitative estimate of drug-likeness (QED) is 0.391. The standard InChI is InChI=1S/C29H31N3/c1-24-12-14-25(15-13-24)22-32-19-16-28(30-32)23-31-20-17-29(18-21-31,26-8-4-2-5-9-26)27-10-6-3-7-11-27/h2-16,19H,17-18,20-23H2,1H3. The second kappa shape index (κ2) is 9.13. The minimum atomic E-state index is 0.101. The summed E-state index contributed by atoms with van der Waals surface area (Å²) >= 11 is 0. The molecule has 0 unspecified atom stereocenters. The third-order valence-corrected chi connectivity index (χ3v) is 6.91. The molecule has 1 aliphatic rings. The smallest absolute Gasteiger partial charge is 0.0764 e. The van der Waals surface area contributed by atoms with E-state index < -0.39 is 0 Å². The van der Waals surface area contributed by atoms with Crippen molar-refractivity contribution < 1.29 is 0 Å². The Balaban J connectivity index is 1.27. The van der Waals surface area contributed by atoms with E-state index in [-0.39, 0.29) is 5.41 Å². The largest absolute Gasteiger partial charge is 0.297 e. The van der Waals surface area contributed by atoms with Crippen LogP contribution in [0.3, 0.4) is 0 Å². The topological polar surface area (TPSA) is 21.1 Å². The molecule has 162 valence electrons. The zero-order chi connectivity index (χ0) is 21.8. The number of nitrogens with zero attached hydrogens (tertiary/aromatic N) is 3. The predicted molar refractivity (Wildman–Crippen MR) is 131 cm³/mol. The Morgan fingerprint density at radius 2 is 1.31 bits per heavy atom. The molecule has 1 saturated heterocycles. The van der Waals surface area contributed by atoms with E-state index in [1.165, 1.54) is 22.3 Å². The van der Waals surface area contributed by atoms with Gasteiger partial charge in [0.25, 0.3) is 0 Å². The molecule has 0 saturated carbocycles. The molecule has 4 aromatic rings. The van der Waals surface area contributed by atoms with Crippen LogP contribution in [0.5, 0.6) is 0 Å². The average molecular weight is 422 g/mol. The first-order valence-electron chi connectivity index (χ1n) is 11.6. The van der Waals surface area contributed by atoms with Crippen molar-refractivity contribution in [3.8, 4) is 0 Å². The number of piperidine rings is 1. The first-order valence-corrected chi connectivity index (χ1v) is 11.6. The van der Waals surface area contributed by atoms with Crippen molar-refractivity contribution in [1.29, 1.82) is 0 Å². The maximum atomic E-state index is 4.85. The Morgan fingerprint density at radius 3 is 1.91 bits per heavy atom. The first-order chi connectivity index (χ1) is 15.7. The molecule has 1 fully saturated rings. The van der Waals surface area contributed by atoms with Crippen molar-refractivity contribution in [2.24, 2.45) is 0 Å². The summed E-state index contributed by atoms with van der Waals surface area (Å²) in [6, 6.07) is 33.0. The molecule has 3 nitrogen and oxygen atoms in total. The minimum Gasteiger partial charge on any atom is -0.297 e. The molecule has 5 rings (SSSR count). The first kappa shape index (κ1) is 20.7. The number of hydrogen-bond donors (Lipinski definition) is 0. The molecule has 0 aliphatic carbocycles. The fourth-order valence-corrected chi connectivity index (χ4v) is 5.04. The second-order valence-corrected chi connectivity index (χ2v) is 9.08. The van der Waals surface area contributed by atoms with E-state index in [0.717, 1.165) is 44.7 Å². The maximum Gasteiger partial charge on any atom is 0.0764 e. The highest BCUT2D eigenvalue weighted by atomic mass is 15.3. The van der Waals surface area contributed by atoms with Crippen LogP contribution in [0.25, 0.3) is 0 Å². The van der Waals surface area contributed by atoms with Gasteiger partial charge < -0.3 is 0 Å². The van der Waals surface area contributed by atoms with Gasteiger partial charge in [0.2, 0.25) is 0 Å². The number of hydrogen-bond acceptors (Lipinski definition) is 2. The normalized spacial score (nSPS) is 16.2. The Labute approximate surface area is 191 Å². The van der Waals surface area contributed by atoms with Gasteiger partial charge in [-0.2, -0.15) is 5.10 Å². The van der Waals surface area contributed by atoms with Crippen LogP contribution in [0.4, 0.5) is 0 Å². The molecule has 0 amide bonds. The van der Waals surface area contributed by atoms with Gasteiger partial charge in [-0.15, -0.1) is 0 Å². The Kier molecular flexibility index (Phi) is 5.91. The van der Waals surface area contributed by atoms with Crippen molar-refractivity contribution in [3.63, 3.8) is 0 Å². The van der Waals surface area contributed by atoms with Gasteiger partial charge in [-0.1, -0.05) is 90.5 Å². The van der Waals surface area contributed by atoms with Crippen molar-refractivity contribution >= 4 is 0 Å². The Hall–Kier alpha value is -3.17. The van der Waals surface area contributed by atoms with Gasteiger partial charge in [-0.05, 0) is 55.6 Å². The molecule has 0 radical (unpaired) electrons. The Morgan fingerprint density at radius 1 is 0.719 bits per heavy atom. The highest BCUT2D eigenvalue weighted by molar-refractivity contribution is 5.40. The summed E-state index contributed by atoms with van der Waals surface area (Å²) in [6.45, 7) is 6.02. The van der Waals surface area contributed by atoms with E-state index in [1.807, 2.05) is 0 Å². The summed E-state index contributed by atoms with van der Waals surface area (Å²) < 4.78 is 2.06. The van der Waals surface area contributed by atoms with Crippen molar-refractivity contribution in [3.05, 3.63) is 125 Å². The van der Waals surface area contributed by atoms with Crippen LogP contribution in [0.1, 0.15) is 40.8 Å². The summed E-state index contributed by atoms with van der Waals surface area (Å²) in [5, 5.41) is 4.85. The lowest BCUT2D eigenvalue weighted by molar-refractivity contribution is 0.170. The maximum absolute atomic E-state index is 4.85. The predicted octanol–water partition coefficient (Wildman–Crippen LogP) is 5.82. The molecule has 0 atom stereocenters. The molecule has 0 spiro atoms. The van der Waals surface area contributed by atoms with E-state index in [9.17, 15) is 0 Å². The van der Waals surface area contributed by atoms with E-state index in [1.54, 1.807) is 0 Å². The van der Waals surface area contributed by atoms with Crippen LogP contribution in [-0.4, -0.2) is 27.8 Å². The highest BCUT2D eigenvalue weighted by Crippen LogP contribution is 2.41. The molecule has 32 heavy (non-hydrogen) atoms. The van der Waals surface area contributed by atoms with Crippen LogP contribution in [0, 0.1) is 6.92 Å². The molecule has 1 aliphatic heterocycles. The number of rotatable bonds is 6. The average Bonchev–Trinajstić information content (AvgIpc) is 3.29. The van der Waals surface area contributed by atoms with Crippen LogP contribution >= 0.6 is 0 Å². The lowest BCUT2D eigenvalue weighted by atomic mass is 9.68. The molecule has 1 aromatic heterocycles. The van der Waals surface area contributed by atoms with Gasteiger partial charge in [-0.25, -0.2) is 0 Å². The molecule has 2 heterocycles. The lowest BCUT2D eigenvalue weighted by Gasteiger charge is -2.42. The third-order valence-electron chi connectivity index (χ3n) is 6.91. The van der Waals surface area contributed by atoms with E-state index in [2.05, 4.69) is 114 Å². The highest BCUT2D eigenvalue weighted by Gasteiger charge is 2.37. The van der Waals surface area contributed by atoms with Crippen molar-refractivity contribution in [2.45, 2.75) is 38.3 Å². The van der Waals surface area contributed by atoms with Crippen LogP contribution in [0.2, 0.25) is 0 Å². The van der Waals surface area contributed by atoms with Crippen LogP contribution < -0.4 is 0 Å². The third kappa shape index (κ3) is 4.39. The molecule has 0 N–H and O–H groups in total. The fraction of sp³-hybridized carbons (Fsp3) is 0.276. The minimum absolute atomic E-state index is 0.101. The Bertz CT molecular complexity index is 1080. The second-order valence-electron chi connectivity index (χ2n) is 9.08. The monoisotopic (exact) mass is 421 g/mol. The van der Waals surface area contributed by atoms with E-state index in [0.29, 0.717) is 0 Å². The summed E-state index contributed by atoms with van der Waals surface area (Å²) in [5.41, 5.74) is 6.72. The molecule has 0 bridgehead atoms. The van der Waals surface area contributed by atoms with Gasteiger partial charge in [0.15, 0.2) is 0 Å². The summed E-state index contributed by atoms with van der Waals surface area (Å²) in [7, 11) is 0. The number of aromatic nitrogens is 2. The number of benzene rings is 3. The van der Waals surface area contributed by atoms with Crippen molar-refractivity contribution in [2.75, 3.05) is 13.1 Å². The van der Waals surface area contributed by atoms with E-state index >= 15 is 0 Å². The lowest BCUT2D eigenvalue weighted by Crippen LogP contribution is -2.43. The molecular formula is C29H31N3. The van der Waals surface area contributed by atoms with Gasteiger partial charge in [0, 0.05) is 18.2 Å². The van der Waals surface area contributed by atoms with Crippen LogP contribution in [-0.2, 0) is 18.5 Å². The molecule has 3 heteroatoms. The number of aryl methyl sites for hydroxylation is 1. The van der Waals surface area contributed by atoms with Gasteiger partial charge >= 0.3 is 0 Å². The SMILES string of the molecule is Cc1ccc(Cn2ccc(CN3CCC(c4ccccc4)(c4ccccc4)CC3)n2)cc1. The van der Waals surface area contributed by atoms with E-state index in [4.69, 9.17) is 5.10 Å². The van der Waals surface area contributed by atoms with Gasteiger partial charge in [0.05, 0.1) is 12.2 Å². The summed E-state index contributed by atoms with van der Waals surface area (Å²) in [4.78, 5) is 2.56. The van der Waals surface area contributed by atoms with Gasteiger partial charge in [-0.3, -0.25) is 9.58 Å². The summed E-state index contributed by atoms with van der Waals surface area (Å²) in [5.74, 6) is 0. The molecule has 3 aromatic carbocycles. The fourth-order valence-electron chi connectivity index (χ4n) is 5.04. The number of likely N-dealkylation sites (tertiary alicyclic amines) is 1. The summed E-state index contributed by atoms with van der Waals surface area (Å²) in [6.07, 6.45) is 4.37.